The van der Waals surface area contributed by atoms with Crippen molar-refractivity contribution in [3.8, 4) is 0 Å². The summed E-state index contributed by atoms with van der Waals surface area (Å²) in [5.41, 5.74) is 5.71. The van der Waals surface area contributed by atoms with Crippen LogP contribution in [-0.4, -0.2) is 92.4 Å². The second kappa shape index (κ2) is 27.6. The number of aryl methyl sites for hydroxylation is 3. The number of likely N-dealkylation sites (tertiary alicyclic amines) is 1. The summed E-state index contributed by atoms with van der Waals surface area (Å²) >= 11 is 3.41. The number of benzene rings is 4. The van der Waals surface area contributed by atoms with Gasteiger partial charge in [0.05, 0.1) is 39.5 Å². The highest BCUT2D eigenvalue weighted by atomic mass is 79.9. The molecule has 1 saturated heterocycles. The summed E-state index contributed by atoms with van der Waals surface area (Å²) < 4.78 is 24.1. The maximum absolute atomic E-state index is 14.0. The third-order valence-electron chi connectivity index (χ3n) is 12.6. The molecule has 4 aromatic carbocycles. The topological polar surface area (TPSA) is 158 Å². The minimum atomic E-state index is -0.865. The van der Waals surface area contributed by atoms with Crippen LogP contribution in [0.25, 0.3) is 0 Å². The molecule has 4 aromatic rings. The summed E-state index contributed by atoms with van der Waals surface area (Å²) in [6.45, 7) is 15.3. The minimum Gasteiger partial charge on any atom is -0.456 e. The molecule has 1 aliphatic rings. The number of ketones is 2. The number of piperidine rings is 1. The second-order valence-electron chi connectivity index (χ2n) is 18.1. The van der Waals surface area contributed by atoms with E-state index in [2.05, 4.69) is 59.9 Å². The van der Waals surface area contributed by atoms with Gasteiger partial charge >= 0.3 is 5.97 Å². The van der Waals surface area contributed by atoms with Crippen LogP contribution in [0, 0.1) is 19.3 Å². The minimum absolute atomic E-state index is 0.0210. The van der Waals surface area contributed by atoms with E-state index in [4.69, 9.17) is 18.9 Å². The highest BCUT2D eigenvalue weighted by Gasteiger charge is 2.41. The number of nitrogens with one attached hydrogen (secondary N) is 1. The normalized spacial score (nSPS) is 14.1. The van der Waals surface area contributed by atoms with Crippen LogP contribution in [0.4, 0.5) is 17.1 Å². The van der Waals surface area contributed by atoms with E-state index < -0.39 is 35.2 Å². The van der Waals surface area contributed by atoms with E-state index in [0.29, 0.717) is 113 Å². The Hall–Kier alpha value is -5.80. The highest BCUT2D eigenvalue weighted by molar-refractivity contribution is 9.10. The van der Waals surface area contributed by atoms with Crippen molar-refractivity contribution in [1.82, 2.24) is 4.90 Å². The number of ether oxygens (including phenoxy) is 4. The van der Waals surface area contributed by atoms with Crippen molar-refractivity contribution in [3.63, 3.8) is 0 Å². The summed E-state index contributed by atoms with van der Waals surface area (Å²) in [7, 11) is 0. The summed E-state index contributed by atoms with van der Waals surface area (Å²) in [6.07, 6.45) is 4.97. The molecule has 0 aliphatic carbocycles. The molecule has 70 heavy (non-hydrogen) atoms. The number of carbonyl (C=O) groups excluding carboxylic acids is 6. The molecule has 0 unspecified atom stereocenters. The monoisotopic (exact) mass is 1020 g/mol. The molecule has 1 fully saturated rings. The zero-order valence-corrected chi connectivity index (χ0v) is 42.9. The van der Waals surface area contributed by atoms with E-state index in [1.165, 1.54) is 27.0 Å². The highest BCUT2D eigenvalue weighted by Crippen LogP contribution is 2.31. The quantitative estimate of drug-likeness (QED) is 0.0200. The number of nitrogens with zero attached hydrogens (tertiary/aromatic N) is 2. The lowest BCUT2D eigenvalue weighted by Crippen LogP contribution is -2.53. The van der Waals surface area contributed by atoms with Gasteiger partial charge in [-0.05, 0) is 148 Å². The maximum Gasteiger partial charge on any atom is 0.329 e. The third-order valence-corrected chi connectivity index (χ3v) is 13.2. The van der Waals surface area contributed by atoms with Crippen molar-refractivity contribution in [2.24, 2.45) is 5.41 Å². The van der Waals surface area contributed by atoms with Crippen LogP contribution in [0.15, 0.2) is 108 Å². The molecular formula is C56H68BrN3O10. The number of hydrogen-bond acceptors (Lipinski definition) is 10. The molecule has 0 saturated carbocycles. The van der Waals surface area contributed by atoms with E-state index in [0.717, 1.165) is 16.5 Å². The van der Waals surface area contributed by atoms with Gasteiger partial charge in [0.15, 0.2) is 5.78 Å². The Morgan fingerprint density at radius 2 is 1.47 bits per heavy atom. The van der Waals surface area contributed by atoms with Crippen LogP contribution >= 0.6 is 15.9 Å². The Morgan fingerprint density at radius 3 is 2.13 bits per heavy atom. The van der Waals surface area contributed by atoms with E-state index in [1.54, 1.807) is 56.3 Å². The first-order valence-corrected chi connectivity index (χ1v) is 25.0. The molecule has 1 aliphatic heterocycles. The Bertz CT molecular complexity index is 2420. The smallest absolute Gasteiger partial charge is 0.329 e. The first kappa shape index (κ1) is 55.1. The lowest BCUT2D eigenvalue weighted by molar-refractivity contribution is -0.164. The number of esters is 1. The molecule has 0 radical (unpaired) electrons. The summed E-state index contributed by atoms with van der Waals surface area (Å²) in [6, 6.07) is 26.9. The van der Waals surface area contributed by atoms with E-state index in [1.807, 2.05) is 37.3 Å². The Balaban J connectivity index is 1.02. The summed E-state index contributed by atoms with van der Waals surface area (Å²) in [5, 5.41) is 2.93. The molecule has 2 atom stereocenters. The fourth-order valence-corrected chi connectivity index (χ4v) is 8.14. The lowest BCUT2D eigenvalue weighted by Gasteiger charge is -2.36. The largest absolute Gasteiger partial charge is 0.456 e. The average molecular weight is 1020 g/mol. The van der Waals surface area contributed by atoms with Gasteiger partial charge in [0, 0.05) is 52.1 Å². The molecule has 3 amide bonds. The number of anilines is 3. The molecule has 14 heteroatoms. The van der Waals surface area contributed by atoms with Gasteiger partial charge in [-0.15, -0.1) is 0 Å². The standard InChI is InChI=1S/C56H68BrN3O10/c1-7-52(63)60(47-26-22-44(57)23-27-47)46-24-20-42(21-25-46)49(61)16-12-31-67-33-35-69-36-34-68-32-29-51(62)58-45-14-11-13-43(38-45)50(28-19-41-18-17-39(3)40(4)37-41)70-55(66)48-15-9-10-30-59(48)54(65)53(64)56(5,6)8-2/h7,11,13-14,17-18,20-27,37-38,48,50H,1,8-10,12,15-16,19,28-36H2,2-6H3,(H,58,62)/t48-,50+/m0/s1. The predicted octanol–water partition coefficient (Wildman–Crippen LogP) is 10.6. The molecule has 13 nitrogen and oxygen atoms in total. The van der Waals surface area contributed by atoms with Gasteiger partial charge in [-0.25, -0.2) is 4.79 Å². The van der Waals surface area contributed by atoms with Crippen LogP contribution in [0.5, 0.6) is 0 Å². The van der Waals surface area contributed by atoms with Crippen molar-refractivity contribution < 1.29 is 47.7 Å². The van der Waals surface area contributed by atoms with E-state index in [-0.39, 0.29) is 30.6 Å². The van der Waals surface area contributed by atoms with Gasteiger partial charge in [-0.1, -0.05) is 73.6 Å². The predicted molar refractivity (Wildman–Crippen MR) is 275 cm³/mol. The number of carbonyl (C=O) groups is 6. The molecule has 374 valence electrons. The second-order valence-corrected chi connectivity index (χ2v) is 19.1. The molecule has 0 aromatic heterocycles. The van der Waals surface area contributed by atoms with Crippen LogP contribution in [0.3, 0.4) is 0 Å². The van der Waals surface area contributed by atoms with Crippen molar-refractivity contribution in [1.29, 1.82) is 0 Å². The van der Waals surface area contributed by atoms with E-state index >= 15 is 0 Å². The SMILES string of the molecule is C=CC(=O)N(c1ccc(Br)cc1)c1ccc(C(=O)CCCOCCOCCOCCC(=O)Nc2cccc([C@@H](CCc3ccc(C)c(C)c3)OC(=O)[C@@H]3CCCCN3C(=O)C(=O)C(C)(C)CC)c2)cc1. The number of rotatable bonds is 27. The lowest BCUT2D eigenvalue weighted by atomic mass is 9.84. The van der Waals surface area contributed by atoms with Crippen molar-refractivity contribution in [3.05, 3.63) is 136 Å². The Kier molecular flexibility index (Phi) is 21.7. The first-order chi connectivity index (χ1) is 33.6. The van der Waals surface area contributed by atoms with Crippen LogP contribution in [0.2, 0.25) is 0 Å². The molecule has 1 N–H and O–H groups in total. The molecule has 0 bridgehead atoms. The zero-order valence-electron chi connectivity index (χ0n) is 41.3. The Morgan fingerprint density at radius 1 is 0.814 bits per heavy atom. The van der Waals surface area contributed by atoms with Crippen LogP contribution < -0.4 is 10.2 Å². The summed E-state index contributed by atoms with van der Waals surface area (Å²) in [5.74, 6) is -2.23. The zero-order chi connectivity index (χ0) is 50.6. The number of Topliss-reactive ketones (excluding diaryl/α,β-unsaturated/α-hetero) is 2. The van der Waals surface area contributed by atoms with Gasteiger partial charge in [-0.2, -0.15) is 0 Å². The van der Waals surface area contributed by atoms with Crippen molar-refractivity contribution >= 4 is 68.2 Å². The average Bonchev–Trinajstić information content (AvgIpc) is 3.36. The fraction of sp³-hybridized carbons (Fsp3) is 0.429. The number of hydrogen-bond donors (Lipinski definition) is 1. The molecular weight excluding hydrogens is 955 g/mol. The van der Waals surface area contributed by atoms with Gasteiger partial charge < -0.3 is 29.2 Å². The first-order valence-electron chi connectivity index (χ1n) is 24.2. The van der Waals surface area contributed by atoms with E-state index in [9.17, 15) is 28.8 Å². The van der Waals surface area contributed by atoms with Crippen molar-refractivity contribution in [2.45, 2.75) is 105 Å². The van der Waals surface area contributed by atoms with Gasteiger partial charge in [0.25, 0.3) is 11.8 Å². The summed E-state index contributed by atoms with van der Waals surface area (Å²) in [4.78, 5) is 82.1. The third kappa shape index (κ3) is 16.4. The van der Waals surface area contributed by atoms with Gasteiger partial charge in [-0.3, -0.25) is 28.9 Å². The van der Waals surface area contributed by atoms with Crippen molar-refractivity contribution in [2.75, 3.05) is 56.4 Å². The molecule has 0 spiro atoms. The van der Waals surface area contributed by atoms with Gasteiger partial charge in [0.2, 0.25) is 11.7 Å². The van der Waals surface area contributed by atoms with Crippen LogP contribution in [0.1, 0.15) is 111 Å². The Labute approximate surface area is 421 Å². The molecule has 1 heterocycles. The maximum atomic E-state index is 14.0. The number of amides is 3. The fourth-order valence-electron chi connectivity index (χ4n) is 7.88. The molecule has 5 rings (SSSR count). The van der Waals surface area contributed by atoms with Crippen LogP contribution in [-0.2, 0) is 49.3 Å². The number of halogens is 1. The van der Waals surface area contributed by atoms with Gasteiger partial charge in [0.1, 0.15) is 12.1 Å².